The molecule has 2 heteroatoms. The zero-order valence-corrected chi connectivity index (χ0v) is 9.25. The van der Waals surface area contributed by atoms with Gasteiger partial charge in [-0.15, -0.1) is 0 Å². The van der Waals surface area contributed by atoms with Crippen molar-refractivity contribution in [3.8, 4) is 0 Å². The Morgan fingerprint density at radius 3 is 2.85 bits per heavy atom. The molecule has 1 atom stereocenters. The molecule has 1 saturated heterocycles. The average Bonchev–Trinajstić information content (AvgIpc) is 2.48. The predicted octanol–water partition coefficient (Wildman–Crippen LogP) is 2.49. The topological polar surface area (TPSA) is 12.5 Å². The number of hydrogen-bond donors (Lipinski definition) is 0. The van der Waals surface area contributed by atoms with E-state index in [1.54, 1.807) is 0 Å². The van der Waals surface area contributed by atoms with Crippen molar-refractivity contribution >= 4 is 0 Å². The first kappa shape index (κ1) is 11.0. The van der Waals surface area contributed by atoms with Gasteiger partial charge in [-0.05, 0) is 32.1 Å². The van der Waals surface area contributed by atoms with Crippen molar-refractivity contribution in [3.05, 3.63) is 0 Å². The minimum atomic E-state index is 0.784. The Morgan fingerprint density at radius 1 is 1.46 bits per heavy atom. The summed E-state index contributed by atoms with van der Waals surface area (Å²) in [6.45, 7) is 9.58. The number of ether oxygens (including phenoxy) is 1. The van der Waals surface area contributed by atoms with E-state index in [4.69, 9.17) is 4.74 Å². The van der Waals surface area contributed by atoms with Crippen LogP contribution in [0, 0.1) is 5.92 Å². The van der Waals surface area contributed by atoms with Crippen molar-refractivity contribution in [3.63, 3.8) is 0 Å². The number of likely N-dealkylation sites (tertiary alicyclic amines) is 1. The first-order valence-corrected chi connectivity index (χ1v) is 5.55. The van der Waals surface area contributed by atoms with Gasteiger partial charge >= 0.3 is 0 Å². The normalized spacial score (nSPS) is 24.5. The largest absolute Gasteiger partial charge is 0.366 e. The fourth-order valence-electron chi connectivity index (χ4n) is 2.08. The molecule has 13 heavy (non-hydrogen) atoms. The van der Waals surface area contributed by atoms with Crippen LogP contribution in [0.4, 0.5) is 0 Å². The van der Waals surface area contributed by atoms with Crippen LogP contribution in [0.1, 0.15) is 40.0 Å². The number of hydrogen-bond acceptors (Lipinski definition) is 2. The van der Waals surface area contributed by atoms with Crippen LogP contribution in [0.5, 0.6) is 0 Å². The Kier molecular flexibility index (Phi) is 4.74. The Bertz CT molecular complexity index is 136. The van der Waals surface area contributed by atoms with Gasteiger partial charge in [0, 0.05) is 19.2 Å². The van der Waals surface area contributed by atoms with Gasteiger partial charge in [0.25, 0.3) is 0 Å². The van der Waals surface area contributed by atoms with Gasteiger partial charge in [0.05, 0.1) is 6.73 Å². The zero-order chi connectivity index (χ0) is 9.68. The molecule has 0 saturated carbocycles. The molecule has 0 N–H and O–H groups in total. The minimum absolute atomic E-state index is 0.784. The molecule has 1 heterocycles. The second-order valence-electron chi connectivity index (χ2n) is 4.36. The number of nitrogens with zero attached hydrogens (tertiary/aromatic N) is 1. The highest BCUT2D eigenvalue weighted by Gasteiger charge is 2.24. The summed E-state index contributed by atoms with van der Waals surface area (Å²) >= 11 is 0. The molecule has 1 aliphatic rings. The van der Waals surface area contributed by atoms with E-state index in [0.29, 0.717) is 0 Å². The summed E-state index contributed by atoms with van der Waals surface area (Å²) in [7, 11) is 0. The fraction of sp³-hybridized carbons (Fsp3) is 1.00. The van der Waals surface area contributed by atoms with Crippen LogP contribution in [-0.4, -0.2) is 30.8 Å². The molecule has 0 radical (unpaired) electrons. The van der Waals surface area contributed by atoms with Gasteiger partial charge in [0.15, 0.2) is 0 Å². The Balaban J connectivity index is 2.26. The quantitative estimate of drug-likeness (QED) is 0.652. The highest BCUT2D eigenvalue weighted by Crippen LogP contribution is 2.22. The minimum Gasteiger partial charge on any atom is -0.366 e. The molecule has 1 fully saturated rings. The SMILES string of the molecule is CCOCN1CCCC1CC(C)C. The second kappa shape index (κ2) is 5.61. The van der Waals surface area contributed by atoms with Crippen molar-refractivity contribution < 1.29 is 4.74 Å². The summed E-state index contributed by atoms with van der Waals surface area (Å²) in [4.78, 5) is 2.49. The maximum atomic E-state index is 5.46. The molecule has 0 aromatic heterocycles. The van der Waals surface area contributed by atoms with Crippen molar-refractivity contribution in [2.45, 2.75) is 46.1 Å². The van der Waals surface area contributed by atoms with Crippen molar-refractivity contribution in [2.24, 2.45) is 5.92 Å². The van der Waals surface area contributed by atoms with E-state index in [9.17, 15) is 0 Å². The third-order valence-electron chi connectivity index (χ3n) is 2.70. The summed E-state index contributed by atoms with van der Waals surface area (Å²) in [5, 5.41) is 0. The van der Waals surface area contributed by atoms with Crippen LogP contribution < -0.4 is 0 Å². The molecule has 1 unspecified atom stereocenters. The molecule has 0 amide bonds. The summed E-state index contributed by atoms with van der Waals surface area (Å²) in [5.41, 5.74) is 0. The Hall–Kier alpha value is -0.0800. The first-order chi connectivity index (χ1) is 6.24. The van der Waals surface area contributed by atoms with Gasteiger partial charge < -0.3 is 4.74 Å². The first-order valence-electron chi connectivity index (χ1n) is 5.55. The summed E-state index contributed by atoms with van der Waals surface area (Å²) in [5.74, 6) is 0.812. The van der Waals surface area contributed by atoms with E-state index in [-0.39, 0.29) is 0 Å². The predicted molar refractivity (Wildman–Crippen MR) is 55.7 cm³/mol. The third kappa shape index (κ3) is 3.65. The van der Waals surface area contributed by atoms with E-state index < -0.39 is 0 Å². The standard InChI is InChI=1S/C11H23NO/c1-4-13-9-12-7-5-6-11(12)8-10(2)3/h10-11H,4-9H2,1-3H3. The van der Waals surface area contributed by atoms with E-state index in [1.807, 2.05) is 0 Å². The highest BCUT2D eigenvalue weighted by molar-refractivity contribution is 4.78. The molecule has 0 spiro atoms. The summed E-state index contributed by atoms with van der Waals surface area (Å²) in [6, 6.07) is 0.784. The van der Waals surface area contributed by atoms with Gasteiger partial charge in [-0.3, -0.25) is 4.90 Å². The van der Waals surface area contributed by atoms with E-state index in [1.165, 1.54) is 25.8 Å². The average molecular weight is 185 g/mol. The van der Waals surface area contributed by atoms with Crippen molar-refractivity contribution in [2.75, 3.05) is 19.9 Å². The monoisotopic (exact) mass is 185 g/mol. The second-order valence-corrected chi connectivity index (χ2v) is 4.36. The van der Waals surface area contributed by atoms with Crippen molar-refractivity contribution in [1.82, 2.24) is 4.90 Å². The maximum Gasteiger partial charge on any atom is 0.0992 e. The van der Waals surface area contributed by atoms with Gasteiger partial charge in [0.2, 0.25) is 0 Å². The molecule has 0 bridgehead atoms. The lowest BCUT2D eigenvalue weighted by Gasteiger charge is -2.25. The van der Waals surface area contributed by atoms with Gasteiger partial charge in [0.1, 0.15) is 0 Å². The maximum absolute atomic E-state index is 5.46. The third-order valence-corrected chi connectivity index (χ3v) is 2.70. The van der Waals surface area contributed by atoms with Crippen molar-refractivity contribution in [1.29, 1.82) is 0 Å². The van der Waals surface area contributed by atoms with Crippen LogP contribution in [-0.2, 0) is 4.74 Å². The lowest BCUT2D eigenvalue weighted by atomic mass is 10.0. The fourth-order valence-corrected chi connectivity index (χ4v) is 2.08. The Labute approximate surface area is 82.3 Å². The molecule has 78 valence electrons. The van der Waals surface area contributed by atoms with E-state index >= 15 is 0 Å². The molecular formula is C11H23NO. The van der Waals surface area contributed by atoms with Gasteiger partial charge in [-0.25, -0.2) is 0 Å². The van der Waals surface area contributed by atoms with Crippen LogP contribution in [0.15, 0.2) is 0 Å². The smallest absolute Gasteiger partial charge is 0.0992 e. The molecule has 2 nitrogen and oxygen atoms in total. The molecule has 0 aliphatic carbocycles. The lowest BCUT2D eigenvalue weighted by Crippen LogP contribution is -2.32. The summed E-state index contributed by atoms with van der Waals surface area (Å²) in [6.07, 6.45) is 4.04. The van der Waals surface area contributed by atoms with Crippen LogP contribution in [0.3, 0.4) is 0 Å². The lowest BCUT2D eigenvalue weighted by molar-refractivity contribution is 0.0241. The van der Waals surface area contributed by atoms with Crippen LogP contribution in [0.25, 0.3) is 0 Å². The van der Waals surface area contributed by atoms with E-state index in [0.717, 1.165) is 25.3 Å². The van der Waals surface area contributed by atoms with Gasteiger partial charge in [-0.1, -0.05) is 13.8 Å². The highest BCUT2D eigenvalue weighted by atomic mass is 16.5. The molecule has 1 aliphatic heterocycles. The molecular weight excluding hydrogens is 162 g/mol. The van der Waals surface area contributed by atoms with Crippen LogP contribution in [0.2, 0.25) is 0 Å². The molecule has 0 aromatic carbocycles. The van der Waals surface area contributed by atoms with Crippen LogP contribution >= 0.6 is 0 Å². The van der Waals surface area contributed by atoms with Gasteiger partial charge in [-0.2, -0.15) is 0 Å². The molecule has 0 aromatic rings. The summed E-state index contributed by atoms with van der Waals surface area (Å²) < 4.78 is 5.46. The Morgan fingerprint density at radius 2 is 2.23 bits per heavy atom. The molecule has 1 rings (SSSR count). The zero-order valence-electron chi connectivity index (χ0n) is 9.25. The number of rotatable bonds is 5. The van der Waals surface area contributed by atoms with E-state index in [2.05, 4.69) is 25.7 Å².